The lowest BCUT2D eigenvalue weighted by Gasteiger charge is -2.42. The fraction of sp³-hybridized carbons (Fsp3) is 0.356. The molecular weight excluding hydrogens is 915 g/mol. The average Bonchev–Trinajstić information content (AvgIpc) is 4.14. The Balaban J connectivity index is 0.000000186. The van der Waals surface area contributed by atoms with Crippen molar-refractivity contribution in [2.75, 3.05) is 37.6 Å². The lowest BCUT2D eigenvalue weighted by atomic mass is 9.76. The molecule has 9 rings (SSSR count). The van der Waals surface area contributed by atoms with Gasteiger partial charge in [0.15, 0.2) is 28.5 Å². The van der Waals surface area contributed by atoms with Crippen molar-refractivity contribution in [3.8, 4) is 33.9 Å². The highest BCUT2D eigenvalue weighted by Gasteiger charge is 2.61. The largest absolute Gasteiger partial charge is 0.421 e. The van der Waals surface area contributed by atoms with Gasteiger partial charge in [-0.2, -0.15) is 36.5 Å². The van der Waals surface area contributed by atoms with Crippen molar-refractivity contribution in [2.24, 2.45) is 11.8 Å². The SMILES string of the molecule is CC(=O)N1CCC(C(O)(c2ccc(-n3cc(-c4ccnc(N)c4N)cn3)nc2)C(F)(F)F)CC1.CC(=O)N1CCC(C(O)(c2ccc(-n3cc(-c4ccnc5nc[nH]c45)cn3)nc2)C(F)(F)F)CC1. The van der Waals surface area contributed by atoms with Crippen molar-refractivity contribution in [3.63, 3.8) is 0 Å². The summed E-state index contributed by atoms with van der Waals surface area (Å²) in [6.45, 7) is 3.39. The number of rotatable bonds is 8. The standard InChI is InChI=1S/C23H22F3N7O2.C22H24F3N7O2/c1-14(34)32-8-5-16(6-9-32)22(35,23(24,25)26)17-2-3-19(28-11-17)33-12-15(10-31-33)18-4-7-27-21-20(18)29-13-30-21;1-13(33)31-8-5-15(6-9-31)21(34,22(23,24)25)16-2-3-18(29-11-16)32-12-14(10-30-32)17-4-7-28-20(27)19(17)26/h2-4,7,10-13,16,35H,5-6,8-9H2,1H3,(H,27,29,30);2-4,7,10-12,15,34H,5-6,8-9,26H2,1H3,(H2,27,28). The number of carbonyl (C=O) groups excluding carboxylic acids is 2. The van der Waals surface area contributed by atoms with Crippen molar-refractivity contribution in [1.82, 2.24) is 59.3 Å². The van der Waals surface area contributed by atoms with Gasteiger partial charge in [-0.15, -0.1) is 0 Å². The van der Waals surface area contributed by atoms with Crippen molar-refractivity contribution < 1.29 is 46.1 Å². The minimum atomic E-state index is -4.92. The molecule has 2 fully saturated rings. The van der Waals surface area contributed by atoms with E-state index < -0.39 is 35.4 Å². The quantitative estimate of drug-likeness (QED) is 0.115. The molecule has 0 bridgehead atoms. The maximum atomic E-state index is 14.2. The molecular formula is C45H46F6N14O4. The predicted octanol–water partition coefficient (Wildman–Crippen LogP) is 5.72. The van der Waals surface area contributed by atoms with Gasteiger partial charge in [0.05, 0.1) is 29.9 Å². The number of hydrogen-bond donors (Lipinski definition) is 5. The van der Waals surface area contributed by atoms with E-state index in [4.69, 9.17) is 11.5 Å². The van der Waals surface area contributed by atoms with Crippen molar-refractivity contribution >= 4 is 34.5 Å². The van der Waals surface area contributed by atoms with Gasteiger partial charge in [0.1, 0.15) is 5.82 Å². The first-order chi connectivity index (χ1) is 32.7. The Morgan fingerprint density at radius 1 is 0.623 bits per heavy atom. The fourth-order valence-electron chi connectivity index (χ4n) is 8.98. The van der Waals surface area contributed by atoms with Gasteiger partial charge < -0.3 is 36.5 Å². The number of nitrogens with zero attached hydrogens (tertiary/aromatic N) is 11. The number of nitrogens with two attached hydrogens (primary N) is 2. The number of halogens is 6. The van der Waals surface area contributed by atoms with Crippen LogP contribution in [0.3, 0.4) is 0 Å². The van der Waals surface area contributed by atoms with E-state index in [0.717, 1.165) is 29.0 Å². The molecule has 2 amide bonds. The summed E-state index contributed by atoms with van der Waals surface area (Å²) in [5.41, 5.74) is 9.25. The molecule has 2 aliphatic heterocycles. The minimum absolute atomic E-state index is 0.0242. The fourth-order valence-corrected chi connectivity index (χ4v) is 8.98. The Morgan fingerprint density at radius 2 is 1.07 bits per heavy atom. The minimum Gasteiger partial charge on any atom is -0.395 e. The number of nitrogen functional groups attached to an aromatic ring is 2. The van der Waals surface area contributed by atoms with E-state index >= 15 is 0 Å². The van der Waals surface area contributed by atoms with Gasteiger partial charge in [-0.25, -0.2) is 34.3 Å². The van der Waals surface area contributed by atoms with E-state index in [9.17, 15) is 46.1 Å². The molecule has 18 nitrogen and oxygen atoms in total. The molecule has 69 heavy (non-hydrogen) atoms. The van der Waals surface area contributed by atoms with Crippen LogP contribution >= 0.6 is 0 Å². The van der Waals surface area contributed by atoms with Crippen molar-refractivity contribution in [2.45, 2.75) is 63.1 Å². The zero-order valence-electron chi connectivity index (χ0n) is 37.0. The third-order valence-electron chi connectivity index (χ3n) is 12.9. The van der Waals surface area contributed by atoms with E-state index in [0.29, 0.717) is 22.6 Å². The maximum absolute atomic E-state index is 14.2. The van der Waals surface area contributed by atoms with Crippen LogP contribution in [0.4, 0.5) is 37.8 Å². The predicted molar refractivity (Wildman–Crippen MR) is 238 cm³/mol. The molecule has 2 atom stereocenters. The number of pyridine rings is 4. The van der Waals surface area contributed by atoms with Gasteiger partial charge in [0, 0.05) is 122 Å². The number of aromatic amines is 1. The molecule has 9 heterocycles. The highest BCUT2D eigenvalue weighted by atomic mass is 19.4. The van der Waals surface area contributed by atoms with Crippen molar-refractivity contribution in [3.05, 3.63) is 103 Å². The number of H-pyrrole nitrogens is 1. The number of anilines is 2. The lowest BCUT2D eigenvalue weighted by molar-refractivity contribution is -0.291. The van der Waals surface area contributed by atoms with Crippen LogP contribution in [0.5, 0.6) is 0 Å². The summed E-state index contributed by atoms with van der Waals surface area (Å²) in [4.78, 5) is 49.6. The molecule has 362 valence electrons. The first kappa shape index (κ1) is 48.0. The van der Waals surface area contributed by atoms with Crippen LogP contribution in [0.2, 0.25) is 0 Å². The van der Waals surface area contributed by atoms with Crippen LogP contribution in [0.15, 0.2) is 92.3 Å². The van der Waals surface area contributed by atoms with Crippen LogP contribution in [-0.2, 0) is 20.8 Å². The summed E-state index contributed by atoms with van der Waals surface area (Å²) < 4.78 is 87.6. The number of nitrogens with one attached hydrogen (secondary N) is 1. The number of imidazole rings is 1. The smallest absolute Gasteiger partial charge is 0.395 e. The third-order valence-corrected chi connectivity index (χ3v) is 12.9. The number of aromatic nitrogens is 10. The number of piperidine rings is 2. The van der Waals surface area contributed by atoms with Gasteiger partial charge in [-0.05, 0) is 49.9 Å². The molecule has 2 aliphatic rings. The molecule has 2 unspecified atom stereocenters. The van der Waals surface area contributed by atoms with Crippen LogP contribution in [0.25, 0.3) is 45.1 Å². The van der Waals surface area contributed by atoms with E-state index in [1.54, 1.807) is 36.9 Å². The summed E-state index contributed by atoms with van der Waals surface area (Å²) in [5, 5.41) is 30.4. The molecule has 7 aromatic rings. The number of alkyl halides is 6. The highest BCUT2D eigenvalue weighted by Crippen LogP contribution is 2.49. The van der Waals surface area contributed by atoms with Gasteiger partial charge in [-0.3, -0.25) is 9.59 Å². The van der Waals surface area contributed by atoms with Crippen LogP contribution < -0.4 is 11.5 Å². The molecule has 0 aromatic carbocycles. The van der Waals surface area contributed by atoms with Gasteiger partial charge in [-0.1, -0.05) is 12.1 Å². The number of amides is 2. The second-order valence-corrected chi connectivity index (χ2v) is 16.9. The average molecular weight is 961 g/mol. The zero-order chi connectivity index (χ0) is 49.5. The molecule has 0 aliphatic carbocycles. The molecule has 24 heteroatoms. The second kappa shape index (κ2) is 18.6. The Morgan fingerprint density at radius 3 is 1.51 bits per heavy atom. The zero-order valence-corrected chi connectivity index (χ0v) is 37.0. The van der Waals surface area contributed by atoms with E-state index in [1.807, 2.05) is 0 Å². The Hall–Kier alpha value is -7.47. The van der Waals surface area contributed by atoms with Gasteiger partial charge in [0.2, 0.25) is 11.8 Å². The first-order valence-electron chi connectivity index (χ1n) is 21.6. The molecule has 2 saturated heterocycles. The summed E-state index contributed by atoms with van der Waals surface area (Å²) in [6.07, 6.45) is 3.46. The van der Waals surface area contributed by atoms with Crippen molar-refractivity contribution in [1.29, 1.82) is 0 Å². The number of aliphatic hydroxyl groups is 2. The van der Waals surface area contributed by atoms with E-state index in [2.05, 4.69) is 40.1 Å². The topological polar surface area (TPSA) is 249 Å². The maximum Gasteiger partial charge on any atom is 0.421 e. The molecule has 0 radical (unpaired) electrons. The molecule has 0 spiro atoms. The Kier molecular flexibility index (Phi) is 12.9. The number of likely N-dealkylation sites (tertiary alicyclic amines) is 2. The lowest BCUT2D eigenvalue weighted by Crippen LogP contribution is -2.52. The first-order valence-corrected chi connectivity index (χ1v) is 21.6. The normalized spacial score (nSPS) is 17.0. The number of fused-ring (bicyclic) bond motifs is 1. The van der Waals surface area contributed by atoms with Gasteiger partial charge in [0.25, 0.3) is 0 Å². The van der Waals surface area contributed by atoms with E-state index in [-0.39, 0.29) is 92.1 Å². The highest BCUT2D eigenvalue weighted by molar-refractivity contribution is 5.89. The van der Waals surface area contributed by atoms with Gasteiger partial charge >= 0.3 is 12.4 Å². The molecule has 0 saturated carbocycles. The summed E-state index contributed by atoms with van der Waals surface area (Å²) in [6, 6.07) is 8.66. The Bertz CT molecular complexity index is 2940. The summed E-state index contributed by atoms with van der Waals surface area (Å²) in [7, 11) is 0. The molecule has 7 aromatic heterocycles. The molecule has 7 N–H and O–H groups in total. The number of carbonyl (C=O) groups is 2. The third kappa shape index (κ3) is 9.15. The van der Waals surface area contributed by atoms with Crippen LogP contribution in [-0.4, -0.2) is 120 Å². The van der Waals surface area contributed by atoms with E-state index in [1.165, 1.54) is 76.0 Å². The monoisotopic (exact) mass is 960 g/mol. The number of hydrogen-bond acceptors (Lipinski definition) is 13. The van der Waals surface area contributed by atoms with Crippen LogP contribution in [0.1, 0.15) is 50.7 Å². The summed E-state index contributed by atoms with van der Waals surface area (Å²) in [5.74, 6) is -1.86. The summed E-state index contributed by atoms with van der Waals surface area (Å²) >= 11 is 0. The van der Waals surface area contributed by atoms with Crippen LogP contribution in [0, 0.1) is 11.8 Å². The second-order valence-electron chi connectivity index (χ2n) is 16.9. The Labute approximate surface area is 389 Å².